The van der Waals surface area contributed by atoms with Gasteiger partial charge in [0, 0.05) is 77.0 Å². The molecule has 0 radical (unpaired) electrons. The first kappa shape index (κ1) is 95.6. The lowest BCUT2D eigenvalue weighted by Crippen LogP contribution is -2.24. The summed E-state index contributed by atoms with van der Waals surface area (Å²) in [6.07, 6.45) is 4.17. The molecular weight excluding hydrogens is 1800 g/mol. The number of sulfone groups is 2. The highest BCUT2D eigenvalue weighted by molar-refractivity contribution is 7.98. The molecule has 129 heavy (non-hydrogen) atoms. The van der Waals surface area contributed by atoms with Gasteiger partial charge in [-0.05, 0) is 184 Å². The van der Waals surface area contributed by atoms with Crippen molar-refractivity contribution < 1.29 is 75.1 Å². The summed E-state index contributed by atoms with van der Waals surface area (Å²) < 4.78 is 77.2. The molecule has 0 saturated heterocycles. The minimum Gasteiger partial charge on any atom is -0.495 e. The molecule has 1 saturated carbocycles. The van der Waals surface area contributed by atoms with E-state index in [1.54, 1.807) is 126 Å². The highest BCUT2D eigenvalue weighted by Crippen LogP contribution is 2.43. The smallest absolute Gasteiger partial charge is 0.323 e. The van der Waals surface area contributed by atoms with Crippen molar-refractivity contribution in [2.75, 3.05) is 90.4 Å². The van der Waals surface area contributed by atoms with Crippen molar-refractivity contribution in [1.82, 2.24) is 22.8 Å². The first-order chi connectivity index (χ1) is 61.0. The molecule has 3 N–H and O–H groups in total. The fourth-order valence-corrected chi connectivity index (χ4v) is 19.9. The van der Waals surface area contributed by atoms with E-state index in [0.29, 0.717) is 137 Å². The molecule has 35 heteroatoms. The first-order valence-electron chi connectivity index (χ1n) is 39.8. The number of ether oxygens (including phenoxy) is 4. The van der Waals surface area contributed by atoms with Crippen LogP contribution in [0.1, 0.15) is 35.1 Å². The zero-order valence-corrected chi connectivity index (χ0v) is 77.9. The Morgan fingerprint density at radius 2 is 0.752 bits per heavy atom. The second kappa shape index (κ2) is 38.8. The Kier molecular flexibility index (Phi) is 28.8. The summed E-state index contributed by atoms with van der Waals surface area (Å²) in [5.41, 5.74) is 9.57. The predicted molar refractivity (Wildman–Crippen MR) is 514 cm³/mol. The number of carbonyl (C=O) groups excluding carboxylic acids is 2. The Labute approximate surface area is 762 Å². The minimum absolute atomic E-state index is 0.0651. The van der Waals surface area contributed by atoms with E-state index in [-0.39, 0.29) is 93.3 Å². The number of anilines is 2. The molecule has 1 fully saturated rings. The van der Waals surface area contributed by atoms with Gasteiger partial charge in [-0.1, -0.05) is 82.8 Å². The van der Waals surface area contributed by atoms with Crippen LogP contribution < -0.4 is 55.9 Å². The summed E-state index contributed by atoms with van der Waals surface area (Å²) >= 11 is 26.7. The number of pyridine rings is 5. The van der Waals surface area contributed by atoms with Gasteiger partial charge in [-0.25, -0.2) is 16.8 Å². The summed E-state index contributed by atoms with van der Waals surface area (Å²) in [6.45, 7) is 6.44. The number of aryl methyl sites for hydroxylation is 4. The number of para-hydroxylation sites is 1. The number of rotatable bonds is 22. The second-order valence-corrected chi connectivity index (χ2v) is 38.3. The van der Waals surface area contributed by atoms with Crippen LogP contribution in [0.5, 0.6) is 23.0 Å². The Morgan fingerprint density at radius 3 is 1.16 bits per heavy atom. The average Bonchev–Trinajstić information content (AvgIpc) is 1.16. The summed E-state index contributed by atoms with van der Waals surface area (Å²) in [5.74, 6) is -3.95. The molecule has 15 aromatic rings. The van der Waals surface area contributed by atoms with Gasteiger partial charge in [-0.3, -0.25) is 47.9 Å². The molecule has 10 aromatic carbocycles. The largest absolute Gasteiger partial charge is 0.495 e. The molecule has 672 valence electrons. The number of nitrogens with zero attached hydrogens (tertiary/aromatic N) is 7. The van der Waals surface area contributed by atoms with Gasteiger partial charge >= 0.3 is 17.9 Å². The number of aromatic nitrogens is 5. The molecule has 0 unspecified atom stereocenters. The first-order valence-corrected chi connectivity index (χ1v) is 46.3. The SMILES string of the molecule is COc1c(Cl)ccc2c(=O)c3ccc(C)cc3n(CC(=O)CS(=O)(=O)C3CC3)c12.COc1c(Cl)ccc2c(=O)c3ccc(C)cc3n(CC(=O)CS(C)(=O)=O)c12.COc1cc2c(=O)c3ccccc3n(CC(=O)O)c2c(OC)c1Cl.CSc1ccc2c(=O)c3ccc(Cl)c(N(C)C)c3n(CC(=O)O)c2c1.Cc1ccc2c(=O)c3ccc(C)c(N(C)C)c3n(CC(=O)O)c2c1. The topological polar surface area (TPSA) is 368 Å². The van der Waals surface area contributed by atoms with E-state index in [1.165, 1.54) is 50.8 Å². The van der Waals surface area contributed by atoms with Gasteiger partial charge in [0.2, 0.25) is 0 Å². The molecule has 1 aliphatic carbocycles. The van der Waals surface area contributed by atoms with Crippen LogP contribution in [0.15, 0.2) is 181 Å². The average molecular weight is 1890 g/mol. The Hall–Kier alpha value is -12.5. The summed E-state index contributed by atoms with van der Waals surface area (Å²) in [5, 5.41) is 33.3. The quantitative estimate of drug-likeness (QED) is 0.0419. The lowest BCUT2D eigenvalue weighted by Gasteiger charge is -2.22. The van der Waals surface area contributed by atoms with E-state index in [0.717, 1.165) is 39.1 Å². The van der Waals surface area contributed by atoms with Crippen molar-refractivity contribution in [1.29, 1.82) is 0 Å². The highest BCUT2D eigenvalue weighted by Gasteiger charge is 2.37. The number of Topliss-reactive ketones (excluding diaryl/α,β-unsaturated/α-hetero) is 2. The number of thioether (sulfide) groups is 1. The molecule has 28 nitrogen and oxygen atoms in total. The van der Waals surface area contributed by atoms with Crippen molar-refractivity contribution in [3.05, 3.63) is 245 Å². The third-order valence-corrected chi connectivity index (χ3v) is 26.7. The fourth-order valence-electron chi connectivity index (χ4n) is 16.1. The van der Waals surface area contributed by atoms with Gasteiger partial charge < -0.3 is 66.9 Å². The number of ketones is 2. The molecule has 0 bridgehead atoms. The van der Waals surface area contributed by atoms with Crippen LogP contribution in [-0.2, 0) is 76.4 Å². The van der Waals surface area contributed by atoms with Crippen LogP contribution in [0.4, 0.5) is 11.4 Å². The summed E-state index contributed by atoms with van der Waals surface area (Å²) in [7, 11) is 6.24. The van der Waals surface area contributed by atoms with E-state index < -0.39 is 65.9 Å². The van der Waals surface area contributed by atoms with Gasteiger partial charge in [0.15, 0.2) is 75.6 Å². The van der Waals surface area contributed by atoms with Crippen LogP contribution in [0.2, 0.25) is 20.1 Å². The molecule has 0 aliphatic heterocycles. The molecule has 0 amide bonds. The number of carboxylic acids is 3. The zero-order valence-electron chi connectivity index (χ0n) is 72.4. The van der Waals surface area contributed by atoms with Crippen LogP contribution in [0, 0.1) is 27.7 Å². The number of carbonyl (C=O) groups is 5. The Bertz CT molecular complexity index is 7800. The molecule has 5 heterocycles. The number of benzene rings is 10. The van der Waals surface area contributed by atoms with Gasteiger partial charge in [0.1, 0.15) is 41.9 Å². The molecule has 0 spiro atoms. The number of hydrogen-bond donors (Lipinski definition) is 3. The second-order valence-electron chi connectivity index (χ2n) is 31.4. The fraction of sp³-hybridized carbons (Fsp3) is 0.255. The van der Waals surface area contributed by atoms with Crippen molar-refractivity contribution in [3.63, 3.8) is 0 Å². The van der Waals surface area contributed by atoms with Crippen LogP contribution >= 0.6 is 58.2 Å². The van der Waals surface area contributed by atoms with Gasteiger partial charge in [-0.2, -0.15) is 0 Å². The molecule has 0 atom stereocenters. The number of halogens is 4. The molecular formula is C94H89Cl4N7O21S3. The van der Waals surface area contributed by atoms with E-state index in [2.05, 4.69) is 0 Å². The molecule has 5 aromatic heterocycles. The lowest BCUT2D eigenvalue weighted by molar-refractivity contribution is -0.138. The van der Waals surface area contributed by atoms with E-state index in [9.17, 15) is 80.1 Å². The number of aliphatic carboxylic acids is 3. The van der Waals surface area contributed by atoms with Gasteiger partial charge in [-0.15, -0.1) is 11.8 Å². The summed E-state index contributed by atoms with van der Waals surface area (Å²) in [6, 6.07) is 43.3. The maximum Gasteiger partial charge on any atom is 0.323 e. The highest BCUT2D eigenvalue weighted by atomic mass is 35.5. The van der Waals surface area contributed by atoms with E-state index in [4.69, 9.17) is 65.4 Å². The van der Waals surface area contributed by atoms with Crippen molar-refractivity contribution in [2.24, 2.45) is 0 Å². The zero-order chi connectivity index (χ0) is 94.2. The third kappa shape index (κ3) is 19.6. The van der Waals surface area contributed by atoms with Gasteiger partial charge in [0.25, 0.3) is 0 Å². The maximum absolute atomic E-state index is 13.1. The van der Waals surface area contributed by atoms with Crippen molar-refractivity contribution in [3.8, 4) is 23.0 Å². The molecule has 1 aliphatic rings. The third-order valence-electron chi connectivity index (χ3n) is 21.7. The van der Waals surface area contributed by atoms with Crippen LogP contribution in [-0.4, -0.2) is 170 Å². The number of methoxy groups -OCH3 is 4. The van der Waals surface area contributed by atoms with Crippen LogP contribution in [0.25, 0.3) is 109 Å². The normalized spacial score (nSPS) is 12.0. The van der Waals surface area contributed by atoms with Gasteiger partial charge in [0.05, 0.1) is 145 Å². The summed E-state index contributed by atoms with van der Waals surface area (Å²) in [4.78, 5) is 129. The maximum atomic E-state index is 13.1. The van der Waals surface area contributed by atoms with Crippen molar-refractivity contribution >= 4 is 228 Å². The Balaban J connectivity index is 0.000000146. The lowest BCUT2D eigenvalue weighted by atomic mass is 10.0. The number of hydrogen-bond acceptors (Lipinski definition) is 21. The van der Waals surface area contributed by atoms with E-state index >= 15 is 0 Å². The Morgan fingerprint density at radius 1 is 0.403 bits per heavy atom. The van der Waals surface area contributed by atoms with E-state index in [1.807, 2.05) is 110 Å². The standard InChI is InChI=1S/C21H20ClNO5S.C19H18ClNO5S.C19H20N2O3.C18H17ClN2O3S.C17H14ClNO5/c1-12-3-6-15-18(9-12)23(10-13(24)11-29(26,27)14-4-5-14)19-16(20(15)25)7-8-17(22)21(19)28-2;1-11-4-5-13-16(8-11)21(9-12(22)10-27(3,24)25)17-14(18(13)23)6-7-15(20)19(17)26-2;1-11-5-7-13-15(9-11)21(10-16(22)23)18-14(19(13)24)8-6-12(2)17(18)20(3)4;1-20(2)17-13(19)7-6-12-16(17)21(9-15(22)23)14-8-10(25-3)4-5-11(14)18(12)24;1-23-12-7-10-15(17(24-2)14(12)18)19(8-13(20)21)11-6-4-3-5-9(11)16(10)22/h3,6-9,14H,4-5,10-11H2,1-2H3;4-8H,9-10H2,1-3H3;5-9H,10H2,1-4H3,(H,22,23);4-8H,9H2,1-3H3,(H,22,23);3-7H,8H2,1-2H3,(H,20,21). The van der Waals surface area contributed by atoms with Crippen LogP contribution in [0.3, 0.4) is 0 Å². The molecule has 16 rings (SSSR count). The number of carboxylic acid groups (broad SMARTS) is 3. The predicted octanol–water partition coefficient (Wildman–Crippen LogP) is 15.5. The van der Waals surface area contributed by atoms with Crippen molar-refractivity contribution in [2.45, 2.75) is 83.4 Å². The minimum atomic E-state index is -3.47. The number of fused-ring (bicyclic) bond motifs is 10. The monoisotopic (exact) mass is 1890 g/mol.